The summed E-state index contributed by atoms with van der Waals surface area (Å²) < 4.78 is 11.5. The Balaban J connectivity index is 1.74. The molecule has 1 spiro atoms. The summed E-state index contributed by atoms with van der Waals surface area (Å²) in [6.07, 6.45) is 4.96. The molecule has 1 atom stereocenters. The maximum absolute atomic E-state index is 5.97. The standard InChI is InChI=1S/C12H17NO2S/c1-2-11(14-6-1)10-3-7-15-12(13-10)4-8-16-9-5-12/h1-2,6,10,13H,3-5,7-9H2. The Morgan fingerprint density at radius 1 is 1.38 bits per heavy atom. The van der Waals surface area contributed by atoms with Crippen molar-refractivity contribution in [3.8, 4) is 0 Å². The van der Waals surface area contributed by atoms with Gasteiger partial charge in [-0.15, -0.1) is 0 Å². The van der Waals surface area contributed by atoms with Crippen LogP contribution in [0, 0.1) is 0 Å². The molecule has 16 heavy (non-hydrogen) atoms. The Labute approximate surface area is 99.9 Å². The molecule has 1 N–H and O–H groups in total. The molecule has 0 radical (unpaired) electrons. The molecule has 4 heteroatoms. The summed E-state index contributed by atoms with van der Waals surface area (Å²) in [6, 6.07) is 4.33. The van der Waals surface area contributed by atoms with Crippen molar-refractivity contribution in [1.29, 1.82) is 0 Å². The molecule has 0 saturated carbocycles. The SMILES string of the molecule is c1coc(C2CCOC3(CCSCC3)N2)c1. The van der Waals surface area contributed by atoms with Gasteiger partial charge in [0.2, 0.25) is 0 Å². The molecular weight excluding hydrogens is 222 g/mol. The van der Waals surface area contributed by atoms with E-state index in [1.165, 1.54) is 11.5 Å². The Kier molecular flexibility index (Phi) is 2.96. The van der Waals surface area contributed by atoms with Crippen LogP contribution in [0.3, 0.4) is 0 Å². The van der Waals surface area contributed by atoms with E-state index < -0.39 is 0 Å². The molecule has 2 fully saturated rings. The lowest BCUT2D eigenvalue weighted by molar-refractivity contribution is -0.118. The minimum atomic E-state index is -0.0824. The predicted octanol–water partition coefficient (Wildman–Crippen LogP) is 2.55. The average Bonchev–Trinajstić information content (AvgIpc) is 2.83. The summed E-state index contributed by atoms with van der Waals surface area (Å²) in [5.74, 6) is 3.43. The van der Waals surface area contributed by atoms with E-state index in [9.17, 15) is 0 Å². The highest BCUT2D eigenvalue weighted by molar-refractivity contribution is 7.99. The quantitative estimate of drug-likeness (QED) is 0.816. The lowest BCUT2D eigenvalue weighted by Crippen LogP contribution is -2.55. The monoisotopic (exact) mass is 239 g/mol. The molecule has 0 aliphatic carbocycles. The van der Waals surface area contributed by atoms with Gasteiger partial charge in [0.25, 0.3) is 0 Å². The van der Waals surface area contributed by atoms with Crippen molar-refractivity contribution in [1.82, 2.24) is 5.32 Å². The zero-order chi connectivity index (χ0) is 10.8. The van der Waals surface area contributed by atoms with E-state index in [4.69, 9.17) is 9.15 Å². The van der Waals surface area contributed by atoms with E-state index in [1.54, 1.807) is 6.26 Å². The zero-order valence-electron chi connectivity index (χ0n) is 9.28. The van der Waals surface area contributed by atoms with Gasteiger partial charge in [-0.1, -0.05) is 0 Å². The molecule has 0 amide bonds. The first kappa shape index (κ1) is 10.7. The van der Waals surface area contributed by atoms with Crippen molar-refractivity contribution < 1.29 is 9.15 Å². The summed E-state index contributed by atoms with van der Waals surface area (Å²) in [6.45, 7) is 0.836. The number of rotatable bonds is 1. The number of hydrogen-bond acceptors (Lipinski definition) is 4. The van der Waals surface area contributed by atoms with Crippen LogP contribution >= 0.6 is 11.8 Å². The van der Waals surface area contributed by atoms with Crippen LogP contribution in [-0.2, 0) is 4.74 Å². The summed E-state index contributed by atoms with van der Waals surface area (Å²) in [5.41, 5.74) is -0.0824. The van der Waals surface area contributed by atoms with Gasteiger partial charge in [0.1, 0.15) is 11.5 Å². The van der Waals surface area contributed by atoms with Gasteiger partial charge in [0.05, 0.1) is 18.9 Å². The van der Waals surface area contributed by atoms with Crippen LogP contribution in [0.15, 0.2) is 22.8 Å². The smallest absolute Gasteiger partial charge is 0.121 e. The first-order chi connectivity index (χ1) is 7.88. The Morgan fingerprint density at radius 3 is 3.00 bits per heavy atom. The van der Waals surface area contributed by atoms with Crippen molar-refractivity contribution >= 4 is 11.8 Å². The molecule has 88 valence electrons. The van der Waals surface area contributed by atoms with E-state index in [2.05, 4.69) is 5.32 Å². The summed E-state index contributed by atoms with van der Waals surface area (Å²) in [4.78, 5) is 0. The molecule has 3 nitrogen and oxygen atoms in total. The van der Waals surface area contributed by atoms with Gasteiger partial charge in [0, 0.05) is 0 Å². The van der Waals surface area contributed by atoms with Crippen molar-refractivity contribution in [2.75, 3.05) is 18.1 Å². The van der Waals surface area contributed by atoms with E-state index in [-0.39, 0.29) is 5.72 Å². The topological polar surface area (TPSA) is 34.4 Å². The van der Waals surface area contributed by atoms with Crippen LogP contribution in [0.5, 0.6) is 0 Å². The second-order valence-electron chi connectivity index (χ2n) is 4.46. The molecule has 0 aromatic carbocycles. The van der Waals surface area contributed by atoms with Gasteiger partial charge in [0.15, 0.2) is 0 Å². The number of ether oxygens (including phenoxy) is 1. The van der Waals surface area contributed by atoms with Crippen molar-refractivity contribution in [2.24, 2.45) is 0 Å². The van der Waals surface area contributed by atoms with Crippen LogP contribution in [-0.4, -0.2) is 23.8 Å². The minimum absolute atomic E-state index is 0.0824. The van der Waals surface area contributed by atoms with E-state index in [1.807, 2.05) is 23.9 Å². The number of furan rings is 1. The van der Waals surface area contributed by atoms with E-state index in [0.29, 0.717) is 6.04 Å². The fourth-order valence-electron chi connectivity index (χ4n) is 2.50. The summed E-state index contributed by atoms with van der Waals surface area (Å²) in [5, 5.41) is 3.64. The summed E-state index contributed by atoms with van der Waals surface area (Å²) in [7, 11) is 0. The Morgan fingerprint density at radius 2 is 2.25 bits per heavy atom. The highest BCUT2D eigenvalue weighted by Crippen LogP contribution is 2.35. The predicted molar refractivity (Wildman–Crippen MR) is 64.4 cm³/mol. The molecule has 1 aromatic rings. The lowest BCUT2D eigenvalue weighted by Gasteiger charge is -2.43. The fraction of sp³-hybridized carbons (Fsp3) is 0.667. The van der Waals surface area contributed by atoms with Gasteiger partial charge >= 0.3 is 0 Å². The maximum Gasteiger partial charge on any atom is 0.121 e. The third kappa shape index (κ3) is 2.01. The van der Waals surface area contributed by atoms with Gasteiger partial charge in [-0.3, -0.25) is 5.32 Å². The van der Waals surface area contributed by atoms with Crippen LogP contribution in [0.2, 0.25) is 0 Å². The first-order valence-electron chi connectivity index (χ1n) is 5.91. The van der Waals surface area contributed by atoms with Crippen LogP contribution in [0.4, 0.5) is 0 Å². The average molecular weight is 239 g/mol. The second kappa shape index (κ2) is 4.43. The maximum atomic E-state index is 5.97. The molecule has 1 aromatic heterocycles. The van der Waals surface area contributed by atoms with Crippen molar-refractivity contribution in [3.05, 3.63) is 24.2 Å². The number of nitrogens with one attached hydrogen (secondary N) is 1. The first-order valence-corrected chi connectivity index (χ1v) is 7.06. The molecule has 3 rings (SSSR count). The van der Waals surface area contributed by atoms with Crippen molar-refractivity contribution in [3.63, 3.8) is 0 Å². The van der Waals surface area contributed by atoms with E-state index in [0.717, 1.165) is 31.6 Å². The molecule has 2 aliphatic heterocycles. The van der Waals surface area contributed by atoms with Crippen LogP contribution in [0.1, 0.15) is 31.1 Å². The van der Waals surface area contributed by atoms with Crippen LogP contribution < -0.4 is 5.32 Å². The molecule has 3 heterocycles. The summed E-state index contributed by atoms with van der Waals surface area (Å²) >= 11 is 2.02. The fourth-order valence-corrected chi connectivity index (χ4v) is 3.65. The molecule has 2 saturated heterocycles. The normalized spacial score (nSPS) is 29.4. The molecule has 2 aliphatic rings. The van der Waals surface area contributed by atoms with Crippen LogP contribution in [0.25, 0.3) is 0 Å². The van der Waals surface area contributed by atoms with Gasteiger partial charge in [-0.25, -0.2) is 0 Å². The third-order valence-corrected chi connectivity index (χ3v) is 4.39. The highest BCUT2D eigenvalue weighted by atomic mass is 32.2. The highest BCUT2D eigenvalue weighted by Gasteiger charge is 2.39. The molecular formula is C12H17NO2S. The largest absolute Gasteiger partial charge is 0.468 e. The number of thioether (sulfide) groups is 1. The number of hydrogen-bond donors (Lipinski definition) is 1. The van der Waals surface area contributed by atoms with E-state index >= 15 is 0 Å². The van der Waals surface area contributed by atoms with Gasteiger partial charge in [-0.2, -0.15) is 11.8 Å². The second-order valence-corrected chi connectivity index (χ2v) is 5.68. The zero-order valence-corrected chi connectivity index (χ0v) is 10.1. The molecule has 0 bridgehead atoms. The van der Waals surface area contributed by atoms with Crippen molar-refractivity contribution in [2.45, 2.75) is 31.0 Å². The minimum Gasteiger partial charge on any atom is -0.468 e. The Bertz CT molecular complexity index is 327. The Hall–Kier alpha value is -0.450. The third-order valence-electron chi connectivity index (χ3n) is 3.41. The molecule has 1 unspecified atom stereocenters. The van der Waals surface area contributed by atoms with Gasteiger partial charge < -0.3 is 9.15 Å². The lowest BCUT2D eigenvalue weighted by atomic mass is 10.0. The van der Waals surface area contributed by atoms with Gasteiger partial charge in [-0.05, 0) is 42.9 Å².